The molecule has 2 aromatic rings. The van der Waals surface area contributed by atoms with Gasteiger partial charge in [-0.25, -0.2) is 8.42 Å². The molecule has 36 heavy (non-hydrogen) atoms. The minimum atomic E-state index is -5.42. The summed E-state index contributed by atoms with van der Waals surface area (Å²) in [6, 6.07) is 20.6. The molecule has 3 rings (SSSR count). The monoisotopic (exact) mass is 610 g/mol. The zero-order valence-corrected chi connectivity index (χ0v) is 21.6. The normalized spacial score (nSPS) is 13.1. The second kappa shape index (κ2) is 15.7. The average Bonchev–Trinajstić information content (AvgIpc) is 2.71. The molecule has 0 amide bonds. The van der Waals surface area contributed by atoms with E-state index in [1.165, 1.54) is 9.79 Å². The third-order valence-electron chi connectivity index (χ3n) is 3.03. The van der Waals surface area contributed by atoms with Crippen LogP contribution in [-0.4, -0.2) is 43.8 Å². The lowest BCUT2D eigenvalue weighted by molar-refractivity contribution is 0.416. The molecule has 200 valence electrons. The van der Waals surface area contributed by atoms with Gasteiger partial charge in [0.25, 0.3) is 21.7 Å². The van der Waals surface area contributed by atoms with Gasteiger partial charge in [-0.2, -0.15) is 16.8 Å². The molecule has 2 N–H and O–H groups in total. The average molecular weight is 611 g/mol. The van der Waals surface area contributed by atoms with Gasteiger partial charge in [0.1, 0.15) is 0 Å². The van der Waals surface area contributed by atoms with Gasteiger partial charge in [-0.3, -0.25) is 13.3 Å². The molecule has 0 atom stereocenters. The number of benzene rings is 2. The van der Waals surface area contributed by atoms with E-state index >= 15 is 0 Å². The molecular formula is C18H17F3O10S5. The Kier molecular flexibility index (Phi) is 14.7. The number of hydrogen-bond acceptors (Lipinski definition) is 9. The predicted molar refractivity (Wildman–Crippen MR) is 128 cm³/mol. The minimum absolute atomic E-state index is 0.423. The van der Waals surface area contributed by atoms with Gasteiger partial charge in [0.05, 0.1) is 0 Å². The van der Waals surface area contributed by atoms with E-state index in [9.17, 15) is 11.7 Å². The number of allylic oxidation sites excluding steroid dienone is 3. The summed E-state index contributed by atoms with van der Waals surface area (Å²) in [5, 5.41) is 0. The van der Waals surface area contributed by atoms with Crippen molar-refractivity contribution < 1.29 is 54.8 Å². The minimum Gasteiger partial charge on any atom is -0.722 e. The summed E-state index contributed by atoms with van der Waals surface area (Å²) in [4.78, 5) is 3.29. The van der Waals surface area contributed by atoms with E-state index in [2.05, 4.69) is 24.3 Å². The number of thiocarbonyl (C=S) groups is 1. The predicted octanol–water partition coefficient (Wildman–Crippen LogP) is 3.80. The third kappa shape index (κ3) is 23.4. The third-order valence-corrected chi connectivity index (χ3v) is 5.09. The largest absolute Gasteiger partial charge is 0.722 e. The highest BCUT2D eigenvalue weighted by atomic mass is 32.3. The number of halogens is 3. The molecule has 0 unspecified atom stereocenters. The fourth-order valence-corrected chi connectivity index (χ4v) is 3.73. The first kappa shape index (κ1) is 33.7. The van der Waals surface area contributed by atoms with Crippen LogP contribution in [0.2, 0.25) is 0 Å². The first-order valence-electron chi connectivity index (χ1n) is 8.76. The summed E-state index contributed by atoms with van der Waals surface area (Å²) in [5.41, 5.74) is 0. The highest BCUT2D eigenvalue weighted by Crippen LogP contribution is 2.28. The van der Waals surface area contributed by atoms with Gasteiger partial charge < -0.3 is 4.55 Å². The molecule has 18 heteroatoms. The maximum atomic E-state index is 10.2. The van der Waals surface area contributed by atoms with Crippen molar-refractivity contribution in [3.8, 4) is 0 Å². The van der Waals surface area contributed by atoms with Crippen molar-refractivity contribution >= 4 is 59.8 Å². The lowest BCUT2D eigenvalue weighted by Crippen LogP contribution is -2.09. The lowest BCUT2D eigenvalue weighted by Gasteiger charge is -2.10. The van der Waals surface area contributed by atoms with Crippen LogP contribution >= 0.6 is 12.2 Å². The van der Waals surface area contributed by atoms with Crippen molar-refractivity contribution in [2.75, 3.05) is 0 Å². The Morgan fingerprint density at radius 3 is 1.39 bits per heavy atom. The van der Waals surface area contributed by atoms with Gasteiger partial charge in [-0.15, -0.1) is 3.89 Å². The molecular weight excluding hydrogens is 594 g/mol. The molecule has 0 spiro atoms. The Bertz CT molecular complexity index is 1210. The van der Waals surface area contributed by atoms with E-state index in [-0.39, 0.29) is 0 Å². The fourth-order valence-electron chi connectivity index (χ4n) is 1.99. The smallest absolute Gasteiger partial charge is 0.435 e. The van der Waals surface area contributed by atoms with Crippen LogP contribution in [-0.2, 0) is 46.9 Å². The highest BCUT2D eigenvalue weighted by molar-refractivity contribution is 7.92. The molecule has 0 aliphatic heterocycles. The Hall–Kier alpha value is -2.32. The number of rotatable bonds is 4. The molecule has 1 aliphatic carbocycles. The standard InChI is InChI=1S/C18H15OS2.3FHO3S/c20-16-13-11-15(12-14-16)19-21(17-7-3-1-4-8-17)18-9-5-2-6-10-18;3*1-5(2,3)4/h1-13H,14H2;3*(H,2,3,4)/q+1;;;/p-1. The second-order valence-electron chi connectivity index (χ2n) is 5.81. The van der Waals surface area contributed by atoms with Crippen LogP contribution in [0.25, 0.3) is 0 Å². The van der Waals surface area contributed by atoms with Gasteiger partial charge in [0.15, 0.2) is 5.76 Å². The molecule has 0 bridgehead atoms. The van der Waals surface area contributed by atoms with Crippen LogP contribution in [0.3, 0.4) is 0 Å². The van der Waals surface area contributed by atoms with E-state index in [4.69, 9.17) is 55.3 Å². The first-order valence-corrected chi connectivity index (χ1v) is 14.3. The van der Waals surface area contributed by atoms with Gasteiger partial charge in [-0.05, 0) is 42.5 Å². The summed E-state index contributed by atoms with van der Waals surface area (Å²) in [6.07, 6.45) is 6.73. The molecule has 0 saturated heterocycles. The van der Waals surface area contributed by atoms with Crippen LogP contribution in [0.5, 0.6) is 0 Å². The quantitative estimate of drug-likeness (QED) is 0.223. The maximum Gasteiger partial charge on any atom is 0.435 e. The molecule has 2 aromatic carbocycles. The van der Waals surface area contributed by atoms with Crippen molar-refractivity contribution in [2.24, 2.45) is 0 Å². The highest BCUT2D eigenvalue weighted by Gasteiger charge is 2.30. The van der Waals surface area contributed by atoms with Crippen molar-refractivity contribution in [2.45, 2.75) is 16.2 Å². The second-order valence-corrected chi connectivity index (χ2v) is 10.4. The molecule has 0 fully saturated rings. The Labute approximate surface area is 214 Å². The summed E-state index contributed by atoms with van der Waals surface area (Å²) < 4.78 is 110. The molecule has 0 aromatic heterocycles. The molecule has 10 nitrogen and oxygen atoms in total. The summed E-state index contributed by atoms with van der Waals surface area (Å²) >= 11 is 4.75. The Morgan fingerprint density at radius 2 is 1.11 bits per heavy atom. The van der Waals surface area contributed by atoms with Crippen molar-refractivity contribution in [1.82, 2.24) is 0 Å². The van der Waals surface area contributed by atoms with E-state index < -0.39 is 42.7 Å². The first-order chi connectivity index (χ1) is 16.3. The van der Waals surface area contributed by atoms with Gasteiger partial charge in [0.2, 0.25) is 9.79 Å². The topological polar surface area (TPSA) is 175 Å². The maximum absolute atomic E-state index is 10.2. The SMILES string of the molecule is O=S(=O)(O)F.O=S(=O)(O)F.O=S(=O)([O-])F.S=C1C=CC(O[S+](c2ccccc2)c2ccccc2)=CC1. The fraction of sp³-hybridized carbons (Fsp3) is 0.0556. The van der Waals surface area contributed by atoms with E-state index in [1.807, 2.05) is 54.6 Å². The van der Waals surface area contributed by atoms with Crippen LogP contribution in [0, 0.1) is 0 Å². The summed E-state index contributed by atoms with van der Waals surface area (Å²) in [6.45, 7) is 0. The molecule has 0 saturated carbocycles. The van der Waals surface area contributed by atoms with Crippen molar-refractivity contribution in [3.63, 3.8) is 0 Å². The van der Waals surface area contributed by atoms with Crippen molar-refractivity contribution in [1.29, 1.82) is 0 Å². The zero-order valence-electron chi connectivity index (χ0n) is 17.5. The van der Waals surface area contributed by atoms with Crippen molar-refractivity contribution in [3.05, 3.63) is 84.7 Å². The van der Waals surface area contributed by atoms with Crippen LogP contribution < -0.4 is 0 Å². The van der Waals surface area contributed by atoms with Gasteiger partial charge >= 0.3 is 21.0 Å². The molecule has 0 heterocycles. The molecule has 1 aliphatic rings. The van der Waals surface area contributed by atoms with E-state index in [0.29, 0.717) is 0 Å². The molecule has 0 radical (unpaired) electrons. The Morgan fingerprint density at radius 1 is 0.778 bits per heavy atom. The van der Waals surface area contributed by atoms with Gasteiger partial charge in [0, 0.05) is 11.3 Å². The van der Waals surface area contributed by atoms with E-state index in [1.54, 1.807) is 0 Å². The number of hydrogen-bond donors (Lipinski definition) is 2. The van der Waals surface area contributed by atoms with Crippen LogP contribution in [0.4, 0.5) is 11.7 Å². The summed E-state index contributed by atoms with van der Waals surface area (Å²) in [5.74, 6) is 0.889. The van der Waals surface area contributed by atoms with Gasteiger partial charge in [-0.1, -0.05) is 56.4 Å². The van der Waals surface area contributed by atoms with E-state index in [0.717, 1.165) is 17.0 Å². The summed E-state index contributed by atoms with van der Waals surface area (Å²) in [7, 11) is -15.7. The van der Waals surface area contributed by atoms with Crippen LogP contribution in [0.15, 0.2) is 94.4 Å². The lowest BCUT2D eigenvalue weighted by atomic mass is 10.2. The Balaban J connectivity index is 0.000000672. The van der Waals surface area contributed by atoms with Crippen LogP contribution in [0.1, 0.15) is 6.42 Å². The zero-order chi connectivity index (χ0) is 28.0.